The molecule has 1 aromatic carbocycles. The molecule has 8 heteroatoms. The zero-order valence-corrected chi connectivity index (χ0v) is 15.8. The van der Waals surface area contributed by atoms with E-state index in [1.165, 1.54) is 6.08 Å². The number of amides is 1. The van der Waals surface area contributed by atoms with Gasteiger partial charge in [0, 0.05) is 6.54 Å². The number of benzene rings is 1. The van der Waals surface area contributed by atoms with E-state index < -0.39 is 35.7 Å². The average molecular weight is 378 g/mol. The molecule has 0 heterocycles. The van der Waals surface area contributed by atoms with Crippen LogP contribution in [0.2, 0.25) is 0 Å². The van der Waals surface area contributed by atoms with E-state index in [1.807, 2.05) is 6.07 Å². The van der Waals surface area contributed by atoms with Crippen LogP contribution in [0.3, 0.4) is 0 Å². The summed E-state index contributed by atoms with van der Waals surface area (Å²) in [5.41, 5.74) is 3.19. The molecule has 0 spiro atoms. The van der Waals surface area contributed by atoms with Crippen LogP contribution in [0, 0.1) is 0 Å². The van der Waals surface area contributed by atoms with E-state index in [9.17, 15) is 19.5 Å². The second-order valence-corrected chi connectivity index (χ2v) is 6.99. The SMILES string of the molecule is C=CCN(CC(N)(C(=O)O)C(=O)OC(C)(C)C)C(=O)OCc1ccccc1. The first-order valence-electron chi connectivity index (χ1n) is 8.32. The average Bonchev–Trinajstić information content (AvgIpc) is 2.58. The molecule has 0 radical (unpaired) electrons. The van der Waals surface area contributed by atoms with Crippen molar-refractivity contribution in [2.45, 2.75) is 38.5 Å². The van der Waals surface area contributed by atoms with E-state index >= 15 is 0 Å². The highest BCUT2D eigenvalue weighted by Gasteiger charge is 2.48. The van der Waals surface area contributed by atoms with E-state index in [-0.39, 0.29) is 13.2 Å². The fourth-order valence-corrected chi connectivity index (χ4v) is 2.06. The highest BCUT2D eigenvalue weighted by Crippen LogP contribution is 2.16. The molecule has 1 unspecified atom stereocenters. The van der Waals surface area contributed by atoms with Crippen LogP contribution in [-0.2, 0) is 25.7 Å². The lowest BCUT2D eigenvalue weighted by Gasteiger charge is -2.32. The molecular weight excluding hydrogens is 352 g/mol. The lowest BCUT2D eigenvalue weighted by molar-refractivity contribution is -0.169. The Morgan fingerprint density at radius 3 is 2.30 bits per heavy atom. The van der Waals surface area contributed by atoms with E-state index in [1.54, 1.807) is 45.0 Å². The zero-order chi connectivity index (χ0) is 20.7. The summed E-state index contributed by atoms with van der Waals surface area (Å²) in [6.07, 6.45) is 0.555. The van der Waals surface area contributed by atoms with Gasteiger partial charge in [0.1, 0.15) is 12.2 Å². The van der Waals surface area contributed by atoms with Crippen molar-refractivity contribution < 1.29 is 29.0 Å². The summed E-state index contributed by atoms with van der Waals surface area (Å²) in [4.78, 5) is 37.4. The number of nitrogens with two attached hydrogens (primary N) is 1. The number of ether oxygens (including phenoxy) is 2. The number of carboxylic acids is 1. The van der Waals surface area contributed by atoms with Crippen molar-refractivity contribution in [2.75, 3.05) is 13.1 Å². The molecule has 0 aliphatic heterocycles. The first-order chi connectivity index (χ1) is 12.5. The van der Waals surface area contributed by atoms with Gasteiger partial charge in [-0.25, -0.2) is 14.4 Å². The number of carbonyl (C=O) groups is 3. The van der Waals surface area contributed by atoms with E-state index in [0.717, 1.165) is 10.5 Å². The third-order valence-corrected chi connectivity index (χ3v) is 3.40. The fourth-order valence-electron chi connectivity index (χ4n) is 2.06. The minimum Gasteiger partial charge on any atom is -0.479 e. The molecule has 1 aromatic rings. The van der Waals surface area contributed by atoms with Crippen LogP contribution in [-0.4, -0.2) is 52.3 Å². The van der Waals surface area contributed by atoms with E-state index in [4.69, 9.17) is 15.2 Å². The van der Waals surface area contributed by atoms with Crippen LogP contribution in [0.5, 0.6) is 0 Å². The first kappa shape index (κ1) is 22.2. The topological polar surface area (TPSA) is 119 Å². The number of esters is 1. The van der Waals surface area contributed by atoms with Gasteiger partial charge in [0.25, 0.3) is 0 Å². The van der Waals surface area contributed by atoms with Gasteiger partial charge in [-0.2, -0.15) is 0 Å². The first-order valence-corrected chi connectivity index (χ1v) is 8.32. The van der Waals surface area contributed by atoms with Crippen molar-refractivity contribution in [3.8, 4) is 0 Å². The summed E-state index contributed by atoms with van der Waals surface area (Å²) in [5.74, 6) is -2.76. The van der Waals surface area contributed by atoms with Gasteiger partial charge in [-0.1, -0.05) is 36.4 Å². The molecule has 1 atom stereocenters. The quantitative estimate of drug-likeness (QED) is 0.403. The summed E-state index contributed by atoms with van der Waals surface area (Å²) in [6.45, 7) is 7.59. The Hall–Kier alpha value is -2.87. The number of hydrogen-bond donors (Lipinski definition) is 2. The summed E-state index contributed by atoms with van der Waals surface area (Å²) < 4.78 is 10.3. The molecule has 1 rings (SSSR count). The molecule has 0 saturated heterocycles. The van der Waals surface area contributed by atoms with Gasteiger partial charge in [-0.05, 0) is 26.3 Å². The van der Waals surface area contributed by atoms with Gasteiger partial charge in [0.2, 0.25) is 5.54 Å². The van der Waals surface area contributed by atoms with Gasteiger partial charge >= 0.3 is 18.0 Å². The van der Waals surface area contributed by atoms with Crippen molar-refractivity contribution >= 4 is 18.0 Å². The number of aliphatic carboxylic acids is 1. The highest BCUT2D eigenvalue weighted by atomic mass is 16.6. The normalized spacial score (nSPS) is 13.2. The third kappa shape index (κ3) is 6.74. The minimum absolute atomic E-state index is 0.00953. The van der Waals surface area contributed by atoms with Crippen molar-refractivity contribution in [1.82, 2.24) is 4.90 Å². The predicted octanol–water partition coefficient (Wildman–Crippen LogP) is 1.94. The van der Waals surface area contributed by atoms with Gasteiger partial charge < -0.3 is 25.2 Å². The van der Waals surface area contributed by atoms with Crippen LogP contribution in [0.15, 0.2) is 43.0 Å². The van der Waals surface area contributed by atoms with Gasteiger partial charge in [0.15, 0.2) is 0 Å². The molecular formula is C19H26N2O6. The molecule has 148 valence electrons. The van der Waals surface area contributed by atoms with Crippen LogP contribution in [0.1, 0.15) is 26.3 Å². The summed E-state index contributed by atoms with van der Waals surface area (Å²) in [6, 6.07) is 8.96. The summed E-state index contributed by atoms with van der Waals surface area (Å²) >= 11 is 0. The molecule has 1 amide bonds. The molecule has 0 fully saturated rings. The second-order valence-electron chi connectivity index (χ2n) is 6.99. The number of rotatable bonds is 8. The number of hydrogen-bond acceptors (Lipinski definition) is 6. The van der Waals surface area contributed by atoms with Crippen molar-refractivity contribution in [3.05, 3.63) is 48.6 Å². The molecule has 0 saturated carbocycles. The van der Waals surface area contributed by atoms with Gasteiger partial charge in [-0.3, -0.25) is 0 Å². The monoisotopic (exact) mass is 378 g/mol. The lowest BCUT2D eigenvalue weighted by Crippen LogP contribution is -2.63. The van der Waals surface area contributed by atoms with E-state index in [0.29, 0.717) is 0 Å². The Kier molecular flexibility index (Phi) is 7.54. The zero-order valence-electron chi connectivity index (χ0n) is 15.8. The standard InChI is InChI=1S/C19H26N2O6/c1-5-11-21(17(25)26-12-14-9-7-6-8-10-14)13-19(20,15(22)23)16(24)27-18(2,3)4/h5-10H,1,11-13,20H2,2-4H3,(H,22,23). The Morgan fingerprint density at radius 1 is 1.22 bits per heavy atom. The van der Waals surface area contributed by atoms with Gasteiger partial charge in [-0.15, -0.1) is 6.58 Å². The summed E-state index contributed by atoms with van der Waals surface area (Å²) in [7, 11) is 0. The Bertz CT molecular complexity index is 683. The predicted molar refractivity (Wildman–Crippen MR) is 98.8 cm³/mol. The van der Waals surface area contributed by atoms with Gasteiger partial charge in [0.05, 0.1) is 6.54 Å². The maximum atomic E-state index is 12.4. The molecule has 8 nitrogen and oxygen atoms in total. The van der Waals surface area contributed by atoms with Crippen LogP contribution in [0.4, 0.5) is 4.79 Å². The molecule has 0 aromatic heterocycles. The maximum absolute atomic E-state index is 12.4. The minimum atomic E-state index is -2.44. The maximum Gasteiger partial charge on any atom is 0.410 e. The number of carboxylic acid groups (broad SMARTS) is 1. The fraction of sp³-hybridized carbons (Fsp3) is 0.421. The van der Waals surface area contributed by atoms with Crippen LogP contribution < -0.4 is 5.73 Å². The third-order valence-electron chi connectivity index (χ3n) is 3.40. The van der Waals surface area contributed by atoms with Crippen LogP contribution in [0.25, 0.3) is 0 Å². The smallest absolute Gasteiger partial charge is 0.410 e. The summed E-state index contributed by atoms with van der Waals surface area (Å²) in [5, 5.41) is 9.48. The molecule has 3 N–H and O–H groups in total. The Balaban J connectivity index is 2.92. The lowest BCUT2D eigenvalue weighted by atomic mass is 10.00. The molecule has 0 aliphatic rings. The van der Waals surface area contributed by atoms with Crippen molar-refractivity contribution in [3.63, 3.8) is 0 Å². The second kappa shape index (κ2) is 9.18. The number of carbonyl (C=O) groups excluding carboxylic acids is 2. The molecule has 0 aliphatic carbocycles. The van der Waals surface area contributed by atoms with E-state index in [2.05, 4.69) is 6.58 Å². The Labute approximate surface area is 158 Å². The number of nitrogens with zero attached hydrogens (tertiary/aromatic N) is 1. The Morgan fingerprint density at radius 2 is 1.81 bits per heavy atom. The van der Waals surface area contributed by atoms with Crippen molar-refractivity contribution in [2.24, 2.45) is 5.73 Å². The largest absolute Gasteiger partial charge is 0.479 e. The molecule has 27 heavy (non-hydrogen) atoms. The molecule has 0 bridgehead atoms. The van der Waals surface area contributed by atoms with Crippen LogP contribution >= 0.6 is 0 Å². The highest BCUT2D eigenvalue weighted by molar-refractivity contribution is 6.04. The van der Waals surface area contributed by atoms with Crippen molar-refractivity contribution in [1.29, 1.82) is 0 Å².